The third kappa shape index (κ3) is 7.40. The number of ether oxygens (including phenoxy) is 1. The Labute approximate surface area is 180 Å². The van der Waals surface area contributed by atoms with Crippen LogP contribution < -0.4 is 5.73 Å². The lowest BCUT2D eigenvalue weighted by Gasteiger charge is -2.24. The van der Waals surface area contributed by atoms with Crippen LogP contribution in [0.3, 0.4) is 0 Å². The largest absolute Gasteiger partial charge is 0.399 e. The topological polar surface area (TPSA) is 73.3 Å². The lowest BCUT2D eigenvalue weighted by molar-refractivity contribution is -0.0369. The van der Waals surface area contributed by atoms with Crippen molar-refractivity contribution in [3.63, 3.8) is 0 Å². The average Bonchev–Trinajstić information content (AvgIpc) is 3.24. The number of aryl methyl sites for hydroxylation is 1. The number of nitrogen functional groups attached to an aromatic ring is 1. The first-order valence-corrected chi connectivity index (χ1v) is 10.9. The van der Waals surface area contributed by atoms with Gasteiger partial charge in [-0.15, -0.1) is 11.8 Å². The maximum Gasteiger partial charge on any atom is 0.0946 e. The summed E-state index contributed by atoms with van der Waals surface area (Å²) < 4.78 is 8.30. The molecule has 2 atom stereocenters. The van der Waals surface area contributed by atoms with Crippen molar-refractivity contribution < 1.29 is 9.84 Å². The van der Waals surface area contributed by atoms with E-state index in [9.17, 15) is 5.11 Å². The summed E-state index contributed by atoms with van der Waals surface area (Å²) in [4.78, 5) is 5.22. The zero-order chi connectivity index (χ0) is 20.5. The van der Waals surface area contributed by atoms with Crippen molar-refractivity contribution in [2.24, 2.45) is 0 Å². The molecule has 0 bridgehead atoms. The van der Waals surface area contributed by atoms with E-state index >= 15 is 0 Å². The summed E-state index contributed by atoms with van der Waals surface area (Å²) in [5, 5.41) is 10.6. The SMILES string of the molecule is Nc1ccc(SC[C@H](CO)O[C@@H](CCc2ccc(Cl)cc2)Cn2ccnc2)cc1. The normalized spacial score (nSPS) is 13.3. The van der Waals surface area contributed by atoms with Gasteiger partial charge in [0.15, 0.2) is 0 Å². The van der Waals surface area contributed by atoms with Gasteiger partial charge in [0.2, 0.25) is 0 Å². The lowest BCUT2D eigenvalue weighted by atomic mass is 10.1. The van der Waals surface area contributed by atoms with Crippen LogP contribution >= 0.6 is 23.4 Å². The molecule has 0 aliphatic heterocycles. The fourth-order valence-electron chi connectivity index (χ4n) is 2.97. The number of hydrogen-bond donors (Lipinski definition) is 2. The Morgan fingerprint density at radius 3 is 2.52 bits per heavy atom. The maximum absolute atomic E-state index is 9.85. The Bertz CT molecular complexity index is 842. The van der Waals surface area contributed by atoms with Gasteiger partial charge in [-0.25, -0.2) is 4.98 Å². The van der Waals surface area contributed by atoms with Crippen molar-refractivity contribution in [3.05, 3.63) is 77.8 Å². The van der Waals surface area contributed by atoms with Crippen LogP contribution in [0.5, 0.6) is 0 Å². The van der Waals surface area contributed by atoms with Crippen LogP contribution in [0.15, 0.2) is 72.1 Å². The number of imidazole rings is 1. The number of aromatic nitrogens is 2. The Balaban J connectivity index is 1.58. The summed E-state index contributed by atoms with van der Waals surface area (Å²) in [6.45, 7) is 0.667. The van der Waals surface area contributed by atoms with Crippen molar-refractivity contribution in [2.45, 2.75) is 36.5 Å². The Kier molecular flexibility index (Phi) is 8.43. The highest BCUT2D eigenvalue weighted by Gasteiger charge is 2.18. The van der Waals surface area contributed by atoms with Gasteiger partial charge >= 0.3 is 0 Å². The van der Waals surface area contributed by atoms with Crippen molar-refractivity contribution in [2.75, 3.05) is 18.1 Å². The first-order chi connectivity index (χ1) is 14.1. The second kappa shape index (κ2) is 11.3. The number of aliphatic hydroxyl groups is 1. The zero-order valence-corrected chi connectivity index (χ0v) is 17.7. The number of halogens is 1. The number of aliphatic hydroxyl groups excluding tert-OH is 1. The van der Waals surface area contributed by atoms with E-state index in [-0.39, 0.29) is 18.8 Å². The van der Waals surface area contributed by atoms with Gasteiger partial charge in [-0.2, -0.15) is 0 Å². The van der Waals surface area contributed by atoms with Crippen LogP contribution in [-0.4, -0.2) is 39.2 Å². The number of benzene rings is 2. The number of anilines is 1. The summed E-state index contributed by atoms with van der Waals surface area (Å²) in [6, 6.07) is 15.6. The molecule has 0 amide bonds. The third-order valence-electron chi connectivity index (χ3n) is 4.55. The molecule has 0 radical (unpaired) electrons. The smallest absolute Gasteiger partial charge is 0.0946 e. The van der Waals surface area contributed by atoms with Gasteiger partial charge in [-0.05, 0) is 54.8 Å². The molecule has 1 aromatic heterocycles. The van der Waals surface area contributed by atoms with Crippen molar-refractivity contribution in [1.29, 1.82) is 0 Å². The fraction of sp³-hybridized carbons (Fsp3) is 0.318. The van der Waals surface area contributed by atoms with Gasteiger partial charge in [-0.1, -0.05) is 23.7 Å². The van der Waals surface area contributed by atoms with Crippen LogP contribution in [0.2, 0.25) is 5.02 Å². The molecule has 2 aromatic carbocycles. The molecule has 3 N–H and O–H groups in total. The molecule has 0 saturated carbocycles. The molecular formula is C22H26ClN3O2S. The third-order valence-corrected chi connectivity index (χ3v) is 5.94. The second-order valence-electron chi connectivity index (χ2n) is 6.87. The Morgan fingerprint density at radius 1 is 1.10 bits per heavy atom. The monoisotopic (exact) mass is 431 g/mol. The summed E-state index contributed by atoms with van der Waals surface area (Å²) >= 11 is 7.63. The summed E-state index contributed by atoms with van der Waals surface area (Å²) in [6.07, 6.45) is 6.89. The van der Waals surface area contributed by atoms with Crippen LogP contribution in [0, 0.1) is 0 Å². The van der Waals surface area contributed by atoms with E-state index in [4.69, 9.17) is 22.1 Å². The molecule has 0 aliphatic carbocycles. The number of nitrogens with two attached hydrogens (primary N) is 1. The highest BCUT2D eigenvalue weighted by Crippen LogP contribution is 2.22. The Hall–Kier alpha value is -1.99. The predicted molar refractivity (Wildman–Crippen MR) is 119 cm³/mol. The molecule has 29 heavy (non-hydrogen) atoms. The highest BCUT2D eigenvalue weighted by atomic mass is 35.5. The second-order valence-corrected chi connectivity index (χ2v) is 8.40. The van der Waals surface area contributed by atoms with Crippen molar-refractivity contribution in [1.82, 2.24) is 9.55 Å². The van der Waals surface area contributed by atoms with E-state index in [0.29, 0.717) is 12.3 Å². The molecule has 154 valence electrons. The number of hydrogen-bond acceptors (Lipinski definition) is 5. The molecule has 3 aromatic rings. The van der Waals surface area contributed by atoms with Gasteiger partial charge in [0.05, 0.1) is 25.1 Å². The van der Waals surface area contributed by atoms with Crippen LogP contribution in [0.25, 0.3) is 0 Å². The standard InChI is InChI=1S/C22H26ClN3O2S/c23-18-4-1-17(2-5-18)3-8-20(13-26-12-11-25-16-26)28-21(14-27)15-29-22-9-6-19(24)7-10-22/h1-2,4-7,9-12,16,20-21,27H,3,8,13-15,24H2/t20-,21-/m0/s1. The average molecular weight is 432 g/mol. The maximum atomic E-state index is 9.85. The molecule has 7 heteroatoms. The zero-order valence-electron chi connectivity index (χ0n) is 16.2. The van der Waals surface area contributed by atoms with Crippen molar-refractivity contribution in [3.8, 4) is 0 Å². The quantitative estimate of drug-likeness (QED) is 0.350. The van der Waals surface area contributed by atoms with Crippen LogP contribution in [0.4, 0.5) is 5.69 Å². The minimum atomic E-state index is -0.253. The molecular weight excluding hydrogens is 406 g/mol. The van der Waals surface area contributed by atoms with Gasteiger partial charge in [0.25, 0.3) is 0 Å². The fourth-order valence-corrected chi connectivity index (χ4v) is 3.99. The molecule has 0 spiro atoms. The molecule has 0 unspecified atom stereocenters. The first-order valence-electron chi connectivity index (χ1n) is 9.57. The summed E-state index contributed by atoms with van der Waals surface area (Å²) in [5.41, 5.74) is 7.70. The van der Waals surface area contributed by atoms with E-state index in [1.807, 2.05) is 59.3 Å². The van der Waals surface area contributed by atoms with Gasteiger partial charge < -0.3 is 20.1 Å². The Morgan fingerprint density at radius 2 is 1.86 bits per heavy atom. The van der Waals surface area contributed by atoms with E-state index in [2.05, 4.69) is 4.98 Å². The molecule has 3 rings (SSSR count). The molecule has 1 heterocycles. The van der Waals surface area contributed by atoms with Crippen LogP contribution in [0.1, 0.15) is 12.0 Å². The van der Waals surface area contributed by atoms with E-state index in [0.717, 1.165) is 28.4 Å². The molecule has 0 aliphatic rings. The lowest BCUT2D eigenvalue weighted by Crippen LogP contribution is -2.30. The van der Waals surface area contributed by atoms with Gasteiger partial charge in [0, 0.05) is 40.3 Å². The summed E-state index contributed by atoms with van der Waals surface area (Å²) in [5.74, 6) is 0.668. The predicted octanol–water partition coefficient (Wildman–Crippen LogP) is 4.29. The van der Waals surface area contributed by atoms with E-state index in [1.54, 1.807) is 24.3 Å². The number of thioether (sulfide) groups is 1. The minimum Gasteiger partial charge on any atom is -0.399 e. The highest BCUT2D eigenvalue weighted by molar-refractivity contribution is 7.99. The first kappa shape index (κ1) is 21.7. The number of rotatable bonds is 11. The minimum absolute atomic E-state index is 0.0245. The van der Waals surface area contributed by atoms with E-state index in [1.165, 1.54) is 5.56 Å². The van der Waals surface area contributed by atoms with Gasteiger partial charge in [0.1, 0.15) is 0 Å². The molecule has 5 nitrogen and oxygen atoms in total. The summed E-state index contributed by atoms with van der Waals surface area (Å²) in [7, 11) is 0. The van der Waals surface area contributed by atoms with Crippen molar-refractivity contribution >= 4 is 29.1 Å². The van der Waals surface area contributed by atoms with Gasteiger partial charge in [-0.3, -0.25) is 0 Å². The van der Waals surface area contributed by atoms with Crippen LogP contribution in [-0.2, 0) is 17.7 Å². The number of nitrogens with zero attached hydrogens (tertiary/aromatic N) is 2. The van der Waals surface area contributed by atoms with E-state index < -0.39 is 0 Å². The molecule has 0 fully saturated rings. The molecule has 0 saturated heterocycles.